The lowest BCUT2D eigenvalue weighted by atomic mass is 10.1. The summed E-state index contributed by atoms with van der Waals surface area (Å²) < 4.78 is 0. The molecule has 124 valence electrons. The number of hydrogen-bond acceptors (Lipinski definition) is 6. The van der Waals surface area contributed by atoms with E-state index in [4.69, 9.17) is 17.3 Å². The van der Waals surface area contributed by atoms with Crippen molar-refractivity contribution in [1.82, 2.24) is 15.0 Å². The molecule has 0 saturated heterocycles. The fourth-order valence-corrected chi connectivity index (χ4v) is 3.02. The summed E-state index contributed by atoms with van der Waals surface area (Å²) in [6.45, 7) is 3.79. The Labute approximate surface area is 150 Å². The standard InChI is InChI=1S/C18H15ClN6/c1-2-11-5-7-12(8-6-11)25-16(13-4-3-9-21-15(13)20)23-14-10-22-18(19)24-17(14)25/h2-10,16,23H,1H2,(H2,20,21). The first kappa shape index (κ1) is 15.4. The van der Waals surface area contributed by atoms with Crippen LogP contribution < -0.4 is 16.0 Å². The van der Waals surface area contributed by atoms with Crippen LogP contribution in [0.15, 0.2) is 55.4 Å². The lowest BCUT2D eigenvalue weighted by Gasteiger charge is -2.27. The molecule has 0 aliphatic carbocycles. The maximum Gasteiger partial charge on any atom is 0.224 e. The summed E-state index contributed by atoms with van der Waals surface area (Å²) in [6.07, 6.45) is 4.88. The summed E-state index contributed by atoms with van der Waals surface area (Å²) in [5, 5.41) is 3.59. The first-order chi connectivity index (χ1) is 12.2. The number of nitrogen functional groups attached to an aromatic ring is 1. The Bertz CT molecular complexity index is 941. The molecular weight excluding hydrogens is 336 g/mol. The van der Waals surface area contributed by atoms with Crippen LogP contribution in [0.4, 0.5) is 23.0 Å². The second-order valence-electron chi connectivity index (χ2n) is 5.57. The van der Waals surface area contributed by atoms with Gasteiger partial charge in [-0.1, -0.05) is 24.8 Å². The summed E-state index contributed by atoms with van der Waals surface area (Å²) in [4.78, 5) is 14.7. The van der Waals surface area contributed by atoms with Crippen LogP contribution in [0.25, 0.3) is 6.08 Å². The lowest BCUT2D eigenvalue weighted by Crippen LogP contribution is -2.25. The first-order valence-corrected chi connectivity index (χ1v) is 8.06. The molecule has 6 nitrogen and oxygen atoms in total. The SMILES string of the molecule is C=Cc1ccc(N2c3nc(Cl)ncc3NC2c2cccnc2N)cc1. The number of aromatic nitrogens is 3. The summed E-state index contributed by atoms with van der Waals surface area (Å²) in [5.41, 5.74) is 9.71. The van der Waals surface area contributed by atoms with Gasteiger partial charge < -0.3 is 11.1 Å². The summed E-state index contributed by atoms with van der Waals surface area (Å²) in [6, 6.07) is 11.8. The highest BCUT2D eigenvalue weighted by atomic mass is 35.5. The molecular formula is C18H15ClN6. The fraction of sp³-hybridized carbons (Fsp3) is 0.0556. The Morgan fingerprint density at radius 3 is 2.72 bits per heavy atom. The van der Waals surface area contributed by atoms with E-state index in [1.54, 1.807) is 18.5 Å². The van der Waals surface area contributed by atoms with Gasteiger partial charge in [0.05, 0.1) is 11.9 Å². The van der Waals surface area contributed by atoms with Gasteiger partial charge in [0.25, 0.3) is 0 Å². The van der Waals surface area contributed by atoms with Crippen molar-refractivity contribution in [3.63, 3.8) is 0 Å². The maximum absolute atomic E-state index is 6.10. The van der Waals surface area contributed by atoms with E-state index >= 15 is 0 Å². The van der Waals surface area contributed by atoms with E-state index in [2.05, 4.69) is 26.8 Å². The Morgan fingerprint density at radius 2 is 2.00 bits per heavy atom. The number of nitrogens with one attached hydrogen (secondary N) is 1. The van der Waals surface area contributed by atoms with Crippen LogP contribution in [-0.4, -0.2) is 15.0 Å². The molecule has 0 spiro atoms. The van der Waals surface area contributed by atoms with Crippen molar-refractivity contribution >= 4 is 40.7 Å². The molecule has 0 saturated carbocycles. The van der Waals surface area contributed by atoms with E-state index < -0.39 is 0 Å². The van der Waals surface area contributed by atoms with E-state index in [1.165, 1.54) is 0 Å². The van der Waals surface area contributed by atoms with Crippen LogP contribution in [0.5, 0.6) is 0 Å². The molecule has 2 aromatic heterocycles. The molecule has 1 aromatic carbocycles. The van der Waals surface area contributed by atoms with Gasteiger partial charge in [0.15, 0.2) is 5.82 Å². The van der Waals surface area contributed by atoms with Crippen LogP contribution in [0.3, 0.4) is 0 Å². The number of anilines is 4. The minimum atomic E-state index is -0.258. The van der Waals surface area contributed by atoms with Crippen molar-refractivity contribution in [3.8, 4) is 0 Å². The van der Waals surface area contributed by atoms with Crippen molar-refractivity contribution < 1.29 is 0 Å². The number of nitrogens with two attached hydrogens (primary N) is 1. The largest absolute Gasteiger partial charge is 0.383 e. The smallest absolute Gasteiger partial charge is 0.224 e. The molecule has 3 aromatic rings. The normalized spacial score (nSPS) is 15.6. The van der Waals surface area contributed by atoms with E-state index in [0.717, 1.165) is 22.5 Å². The third-order valence-electron chi connectivity index (χ3n) is 4.09. The maximum atomic E-state index is 6.10. The van der Waals surface area contributed by atoms with E-state index in [0.29, 0.717) is 11.6 Å². The van der Waals surface area contributed by atoms with E-state index in [-0.39, 0.29) is 11.4 Å². The summed E-state index contributed by atoms with van der Waals surface area (Å²) in [7, 11) is 0. The number of halogens is 1. The summed E-state index contributed by atoms with van der Waals surface area (Å²) in [5.74, 6) is 1.15. The monoisotopic (exact) mass is 350 g/mol. The Morgan fingerprint density at radius 1 is 1.20 bits per heavy atom. The van der Waals surface area contributed by atoms with Crippen molar-refractivity contribution in [2.75, 3.05) is 16.0 Å². The molecule has 1 atom stereocenters. The quantitative estimate of drug-likeness (QED) is 0.695. The molecule has 0 radical (unpaired) electrons. The van der Waals surface area contributed by atoms with Gasteiger partial charge in [-0.05, 0) is 41.4 Å². The molecule has 7 heteroatoms. The number of nitrogens with zero attached hydrogens (tertiary/aromatic N) is 4. The predicted molar refractivity (Wildman–Crippen MR) is 101 cm³/mol. The molecule has 3 N–H and O–H groups in total. The zero-order valence-electron chi connectivity index (χ0n) is 13.2. The lowest BCUT2D eigenvalue weighted by molar-refractivity contribution is 0.818. The fourth-order valence-electron chi connectivity index (χ4n) is 2.89. The summed E-state index contributed by atoms with van der Waals surface area (Å²) >= 11 is 6.02. The van der Waals surface area contributed by atoms with Crippen molar-refractivity contribution in [2.45, 2.75) is 6.17 Å². The van der Waals surface area contributed by atoms with Gasteiger partial charge in [-0.3, -0.25) is 4.90 Å². The number of pyridine rings is 1. The molecule has 4 rings (SSSR count). The van der Waals surface area contributed by atoms with Crippen molar-refractivity contribution in [2.24, 2.45) is 0 Å². The minimum Gasteiger partial charge on any atom is -0.383 e. The van der Waals surface area contributed by atoms with Gasteiger partial charge in [0, 0.05) is 17.4 Å². The van der Waals surface area contributed by atoms with Gasteiger partial charge in [0.2, 0.25) is 5.28 Å². The highest BCUT2D eigenvalue weighted by Crippen LogP contribution is 2.45. The topological polar surface area (TPSA) is 80.0 Å². The predicted octanol–water partition coefficient (Wildman–Crippen LogP) is 4.01. The minimum absolute atomic E-state index is 0.188. The van der Waals surface area contributed by atoms with Crippen molar-refractivity contribution in [3.05, 3.63) is 71.8 Å². The molecule has 1 aliphatic heterocycles. The Kier molecular flexibility index (Phi) is 3.74. The van der Waals surface area contributed by atoms with Crippen molar-refractivity contribution in [1.29, 1.82) is 0 Å². The van der Waals surface area contributed by atoms with Crippen LogP contribution in [-0.2, 0) is 0 Å². The van der Waals surface area contributed by atoms with Gasteiger partial charge in [0.1, 0.15) is 12.0 Å². The third kappa shape index (κ3) is 2.66. The molecule has 0 fully saturated rings. The number of benzene rings is 1. The number of rotatable bonds is 3. The molecule has 25 heavy (non-hydrogen) atoms. The average Bonchev–Trinajstić information content (AvgIpc) is 3.00. The van der Waals surface area contributed by atoms with Crippen LogP contribution in [0.2, 0.25) is 5.28 Å². The van der Waals surface area contributed by atoms with Crippen LogP contribution >= 0.6 is 11.6 Å². The van der Waals surface area contributed by atoms with Gasteiger partial charge in [-0.15, -0.1) is 0 Å². The van der Waals surface area contributed by atoms with Gasteiger partial charge in [-0.2, -0.15) is 4.98 Å². The van der Waals surface area contributed by atoms with E-state index in [1.807, 2.05) is 41.3 Å². The first-order valence-electron chi connectivity index (χ1n) is 7.68. The zero-order valence-corrected chi connectivity index (χ0v) is 14.0. The molecule has 0 bridgehead atoms. The number of hydrogen-bond donors (Lipinski definition) is 2. The van der Waals surface area contributed by atoms with E-state index in [9.17, 15) is 0 Å². The third-order valence-corrected chi connectivity index (χ3v) is 4.27. The molecule has 0 amide bonds. The second kappa shape index (κ2) is 6.07. The molecule has 3 heterocycles. The average molecular weight is 351 g/mol. The molecule has 1 unspecified atom stereocenters. The molecule has 1 aliphatic rings. The Balaban J connectivity index is 1.86. The van der Waals surface area contributed by atoms with Crippen LogP contribution in [0, 0.1) is 0 Å². The number of fused-ring (bicyclic) bond motifs is 1. The van der Waals surface area contributed by atoms with Crippen LogP contribution in [0.1, 0.15) is 17.3 Å². The Hall–Kier alpha value is -3.12. The highest BCUT2D eigenvalue weighted by molar-refractivity contribution is 6.28. The highest BCUT2D eigenvalue weighted by Gasteiger charge is 2.34. The van der Waals surface area contributed by atoms with Gasteiger partial charge in [-0.25, -0.2) is 9.97 Å². The van der Waals surface area contributed by atoms with Gasteiger partial charge >= 0.3 is 0 Å². The second-order valence-corrected chi connectivity index (χ2v) is 5.90. The zero-order chi connectivity index (χ0) is 17.4.